The van der Waals surface area contributed by atoms with Crippen molar-refractivity contribution in [3.63, 3.8) is 0 Å². The molecule has 7 heteroatoms. The lowest BCUT2D eigenvalue weighted by atomic mass is 10.1. The summed E-state index contributed by atoms with van der Waals surface area (Å²) in [5, 5.41) is 0. The standard InChI is InChI=1S/C21H21FN2O3S/c1-14-5-8-19-18(11-14)24(16-7-6-15(2)17(22)12-16)13-20(28(19,26)27)21(25)23-9-3-4-10-23/h5-8,11-13H,3-4,9-10H2,1-2H3. The Morgan fingerprint density at radius 1 is 1.04 bits per heavy atom. The molecular formula is C21H21FN2O3S. The van der Waals surface area contributed by atoms with Gasteiger partial charge in [0.05, 0.1) is 10.6 Å². The summed E-state index contributed by atoms with van der Waals surface area (Å²) in [6, 6.07) is 9.66. The number of benzene rings is 2. The molecule has 0 spiro atoms. The number of hydrogen-bond acceptors (Lipinski definition) is 4. The molecule has 2 aliphatic heterocycles. The molecule has 0 N–H and O–H groups in total. The first kappa shape index (κ1) is 18.7. The number of hydrogen-bond donors (Lipinski definition) is 0. The Bertz CT molecular complexity index is 1100. The molecule has 0 saturated carbocycles. The number of aryl methyl sites for hydroxylation is 2. The van der Waals surface area contributed by atoms with Crippen molar-refractivity contribution in [1.29, 1.82) is 0 Å². The molecule has 146 valence electrons. The fraction of sp³-hybridized carbons (Fsp3) is 0.286. The van der Waals surface area contributed by atoms with E-state index in [0.29, 0.717) is 30.0 Å². The number of amides is 1. The minimum atomic E-state index is -3.96. The molecule has 1 saturated heterocycles. The molecule has 0 aromatic heterocycles. The Morgan fingerprint density at radius 3 is 2.43 bits per heavy atom. The Kier molecular flexibility index (Phi) is 4.50. The van der Waals surface area contributed by atoms with E-state index in [1.807, 2.05) is 6.92 Å². The van der Waals surface area contributed by atoms with E-state index in [1.165, 1.54) is 18.3 Å². The first-order chi connectivity index (χ1) is 13.3. The first-order valence-electron chi connectivity index (χ1n) is 9.21. The van der Waals surface area contributed by atoms with E-state index < -0.39 is 15.7 Å². The van der Waals surface area contributed by atoms with E-state index in [0.717, 1.165) is 18.4 Å². The van der Waals surface area contributed by atoms with Crippen LogP contribution in [0.5, 0.6) is 0 Å². The number of rotatable bonds is 2. The van der Waals surface area contributed by atoms with E-state index in [9.17, 15) is 17.6 Å². The number of carbonyl (C=O) groups is 1. The molecule has 0 atom stereocenters. The maximum Gasteiger partial charge on any atom is 0.267 e. The zero-order valence-electron chi connectivity index (χ0n) is 15.8. The van der Waals surface area contributed by atoms with Crippen molar-refractivity contribution in [2.24, 2.45) is 0 Å². The number of halogens is 1. The van der Waals surface area contributed by atoms with Crippen molar-refractivity contribution in [2.75, 3.05) is 18.0 Å². The first-order valence-corrected chi connectivity index (χ1v) is 10.7. The fourth-order valence-electron chi connectivity index (χ4n) is 3.61. The van der Waals surface area contributed by atoms with Crippen molar-refractivity contribution < 1.29 is 17.6 Å². The van der Waals surface area contributed by atoms with Crippen molar-refractivity contribution >= 4 is 27.1 Å². The zero-order chi connectivity index (χ0) is 20.1. The van der Waals surface area contributed by atoms with Crippen LogP contribution in [0.1, 0.15) is 24.0 Å². The molecule has 0 unspecified atom stereocenters. The molecule has 2 aromatic rings. The van der Waals surface area contributed by atoms with Gasteiger partial charge in [0, 0.05) is 25.0 Å². The van der Waals surface area contributed by atoms with Crippen LogP contribution in [0, 0.1) is 19.7 Å². The van der Waals surface area contributed by atoms with Crippen LogP contribution in [-0.4, -0.2) is 32.3 Å². The van der Waals surface area contributed by atoms with Crippen LogP contribution in [0.4, 0.5) is 15.8 Å². The second-order valence-corrected chi connectivity index (χ2v) is 9.16. The molecule has 0 bridgehead atoms. The Labute approximate surface area is 164 Å². The van der Waals surface area contributed by atoms with Gasteiger partial charge in [-0.3, -0.25) is 4.79 Å². The van der Waals surface area contributed by atoms with Gasteiger partial charge in [0.25, 0.3) is 5.91 Å². The van der Waals surface area contributed by atoms with Gasteiger partial charge in [-0.25, -0.2) is 12.8 Å². The Hall–Kier alpha value is -2.67. The summed E-state index contributed by atoms with van der Waals surface area (Å²) in [6.45, 7) is 4.61. The van der Waals surface area contributed by atoms with Crippen molar-refractivity contribution in [2.45, 2.75) is 31.6 Å². The predicted octanol–water partition coefficient (Wildman–Crippen LogP) is 3.83. The quantitative estimate of drug-likeness (QED) is 0.769. The van der Waals surface area contributed by atoms with Gasteiger partial charge in [0.15, 0.2) is 4.91 Å². The van der Waals surface area contributed by atoms with Crippen LogP contribution < -0.4 is 4.90 Å². The fourth-order valence-corrected chi connectivity index (χ4v) is 5.13. The second kappa shape index (κ2) is 6.74. The maximum atomic E-state index is 14.2. The minimum Gasteiger partial charge on any atom is -0.338 e. The van der Waals surface area contributed by atoms with Gasteiger partial charge >= 0.3 is 0 Å². The van der Waals surface area contributed by atoms with E-state index in [-0.39, 0.29) is 15.6 Å². The van der Waals surface area contributed by atoms with Crippen LogP contribution in [0.15, 0.2) is 52.4 Å². The van der Waals surface area contributed by atoms with Crippen LogP contribution in [0.25, 0.3) is 0 Å². The number of carbonyl (C=O) groups excluding carboxylic acids is 1. The van der Waals surface area contributed by atoms with Gasteiger partial charge in [-0.1, -0.05) is 12.1 Å². The predicted molar refractivity (Wildman–Crippen MR) is 106 cm³/mol. The van der Waals surface area contributed by atoms with Gasteiger partial charge in [0.2, 0.25) is 9.84 Å². The summed E-state index contributed by atoms with van der Waals surface area (Å²) < 4.78 is 40.6. The molecule has 0 radical (unpaired) electrons. The summed E-state index contributed by atoms with van der Waals surface area (Å²) in [5.74, 6) is -0.887. The molecule has 2 aromatic carbocycles. The third kappa shape index (κ3) is 2.99. The minimum absolute atomic E-state index is 0.0594. The third-order valence-electron chi connectivity index (χ3n) is 5.24. The number of anilines is 2. The highest BCUT2D eigenvalue weighted by Crippen LogP contribution is 2.41. The van der Waals surface area contributed by atoms with Crippen LogP contribution in [-0.2, 0) is 14.6 Å². The summed E-state index contributed by atoms with van der Waals surface area (Å²) >= 11 is 0. The average Bonchev–Trinajstić information content (AvgIpc) is 3.18. The number of sulfone groups is 1. The van der Waals surface area contributed by atoms with E-state index in [2.05, 4.69) is 0 Å². The Balaban J connectivity index is 1.91. The highest BCUT2D eigenvalue weighted by Gasteiger charge is 2.38. The van der Waals surface area contributed by atoms with E-state index >= 15 is 0 Å². The lowest BCUT2D eigenvalue weighted by Crippen LogP contribution is -2.35. The normalized spacial score (nSPS) is 18.0. The molecule has 4 rings (SSSR count). The molecule has 28 heavy (non-hydrogen) atoms. The lowest BCUT2D eigenvalue weighted by molar-refractivity contribution is -0.125. The monoisotopic (exact) mass is 400 g/mol. The molecule has 0 aliphatic carbocycles. The van der Waals surface area contributed by atoms with Crippen LogP contribution in [0.3, 0.4) is 0 Å². The number of likely N-dealkylation sites (tertiary alicyclic amines) is 1. The van der Waals surface area contributed by atoms with Crippen LogP contribution in [0.2, 0.25) is 0 Å². The second-order valence-electron chi connectivity index (χ2n) is 7.27. The van der Waals surface area contributed by atoms with E-state index in [1.54, 1.807) is 41.0 Å². The summed E-state index contributed by atoms with van der Waals surface area (Å²) in [7, 11) is -3.96. The van der Waals surface area contributed by atoms with Crippen LogP contribution >= 0.6 is 0 Å². The largest absolute Gasteiger partial charge is 0.338 e. The van der Waals surface area contributed by atoms with Gasteiger partial charge in [-0.2, -0.15) is 0 Å². The highest BCUT2D eigenvalue weighted by molar-refractivity contribution is 7.96. The third-order valence-corrected chi connectivity index (χ3v) is 7.02. The van der Waals surface area contributed by atoms with Crippen molar-refractivity contribution in [3.8, 4) is 0 Å². The highest BCUT2D eigenvalue weighted by atomic mass is 32.2. The average molecular weight is 400 g/mol. The Morgan fingerprint density at radius 2 is 1.75 bits per heavy atom. The van der Waals surface area contributed by atoms with Gasteiger partial charge in [-0.05, 0) is 62.1 Å². The summed E-state index contributed by atoms with van der Waals surface area (Å²) in [6.07, 6.45) is 3.06. The zero-order valence-corrected chi connectivity index (χ0v) is 16.6. The molecule has 1 fully saturated rings. The summed E-state index contributed by atoms with van der Waals surface area (Å²) in [5.41, 5.74) is 2.25. The number of fused-ring (bicyclic) bond motifs is 1. The smallest absolute Gasteiger partial charge is 0.267 e. The lowest BCUT2D eigenvalue weighted by Gasteiger charge is -2.30. The van der Waals surface area contributed by atoms with Crippen molar-refractivity contribution in [1.82, 2.24) is 4.90 Å². The molecule has 2 heterocycles. The molecule has 1 amide bonds. The molecular weight excluding hydrogens is 379 g/mol. The van der Waals surface area contributed by atoms with Gasteiger partial charge < -0.3 is 9.80 Å². The molecule has 2 aliphatic rings. The van der Waals surface area contributed by atoms with Gasteiger partial charge in [0.1, 0.15) is 5.82 Å². The topological polar surface area (TPSA) is 57.7 Å². The SMILES string of the molecule is Cc1ccc2c(c1)N(c1ccc(C)c(F)c1)C=C(C(=O)N1CCCC1)S2(=O)=O. The van der Waals surface area contributed by atoms with Gasteiger partial charge in [-0.15, -0.1) is 0 Å². The molecule has 5 nitrogen and oxygen atoms in total. The van der Waals surface area contributed by atoms with E-state index in [4.69, 9.17) is 0 Å². The number of nitrogens with zero attached hydrogens (tertiary/aromatic N) is 2. The maximum absolute atomic E-state index is 14.2. The van der Waals surface area contributed by atoms with Crippen molar-refractivity contribution in [3.05, 3.63) is 64.4 Å². The summed E-state index contributed by atoms with van der Waals surface area (Å²) in [4.78, 5) is 15.9.